The van der Waals surface area contributed by atoms with Crippen LogP contribution in [0.4, 0.5) is 0 Å². The zero-order valence-electron chi connectivity index (χ0n) is 18.9. The third kappa shape index (κ3) is 3.73. The summed E-state index contributed by atoms with van der Waals surface area (Å²) in [4.78, 5) is 46.4. The lowest BCUT2D eigenvalue weighted by Gasteiger charge is -2.20. The fraction of sp³-hybridized carbons (Fsp3) is 0.143. The summed E-state index contributed by atoms with van der Waals surface area (Å²) >= 11 is 0. The lowest BCUT2D eigenvalue weighted by atomic mass is 9.83. The topological polar surface area (TPSA) is 149 Å². The SMILES string of the molecule is O=C(O)Cc1ccc2c3ccc(CC(=O)O)c4c(CC(=O)O)ccc(c5ccc(CC(=O)O)c1c25)c43. The Morgan fingerprint density at radius 2 is 0.611 bits per heavy atom. The molecule has 0 fully saturated rings. The second-order valence-electron chi connectivity index (χ2n) is 8.87. The van der Waals surface area contributed by atoms with E-state index in [4.69, 9.17) is 0 Å². The van der Waals surface area contributed by atoms with Crippen LogP contribution in [-0.2, 0) is 44.9 Å². The molecule has 0 aliphatic carbocycles. The molecule has 0 saturated heterocycles. The van der Waals surface area contributed by atoms with Gasteiger partial charge in [0.1, 0.15) is 0 Å². The highest BCUT2D eigenvalue weighted by atomic mass is 16.4. The largest absolute Gasteiger partial charge is 0.481 e. The lowest BCUT2D eigenvalue weighted by molar-refractivity contribution is -0.137. The molecule has 5 rings (SSSR count). The fourth-order valence-corrected chi connectivity index (χ4v) is 5.42. The molecule has 0 bridgehead atoms. The molecule has 8 nitrogen and oxygen atoms in total. The molecule has 0 aliphatic heterocycles. The molecule has 0 unspecified atom stereocenters. The summed E-state index contributed by atoms with van der Waals surface area (Å²) in [6.07, 6.45) is -1.09. The van der Waals surface area contributed by atoms with Crippen molar-refractivity contribution in [3.8, 4) is 0 Å². The second kappa shape index (κ2) is 8.49. The zero-order chi connectivity index (χ0) is 25.7. The monoisotopic (exact) mass is 484 g/mol. The maximum absolute atomic E-state index is 11.6. The number of benzene rings is 5. The normalized spacial score (nSPS) is 11.6. The third-order valence-electron chi connectivity index (χ3n) is 6.61. The van der Waals surface area contributed by atoms with E-state index in [9.17, 15) is 39.6 Å². The van der Waals surface area contributed by atoms with Crippen LogP contribution in [0.5, 0.6) is 0 Å². The van der Waals surface area contributed by atoms with Gasteiger partial charge in [-0.25, -0.2) is 0 Å². The van der Waals surface area contributed by atoms with Crippen molar-refractivity contribution in [2.45, 2.75) is 25.7 Å². The molecule has 8 heteroatoms. The van der Waals surface area contributed by atoms with Crippen LogP contribution < -0.4 is 0 Å². The Balaban J connectivity index is 2.00. The molecule has 0 saturated carbocycles. The van der Waals surface area contributed by atoms with Gasteiger partial charge in [-0.05, 0) is 65.3 Å². The minimum absolute atomic E-state index is 0.274. The zero-order valence-corrected chi connectivity index (χ0v) is 18.9. The average Bonchev–Trinajstić information content (AvgIpc) is 2.78. The smallest absolute Gasteiger partial charge is 0.307 e. The van der Waals surface area contributed by atoms with Crippen LogP contribution in [0.2, 0.25) is 0 Å². The molecular weight excluding hydrogens is 464 g/mol. The van der Waals surface area contributed by atoms with E-state index in [1.807, 2.05) is 0 Å². The van der Waals surface area contributed by atoms with Crippen LogP contribution in [0, 0.1) is 0 Å². The summed E-state index contributed by atoms with van der Waals surface area (Å²) in [5, 5.41) is 43.6. The molecular formula is C28H20O8. The van der Waals surface area contributed by atoms with Gasteiger partial charge in [0.05, 0.1) is 25.7 Å². The second-order valence-corrected chi connectivity index (χ2v) is 8.87. The summed E-state index contributed by atoms with van der Waals surface area (Å²) in [6.45, 7) is 0. The number of carboxylic acid groups (broad SMARTS) is 4. The average molecular weight is 484 g/mol. The van der Waals surface area contributed by atoms with Crippen LogP contribution in [0.25, 0.3) is 43.1 Å². The minimum Gasteiger partial charge on any atom is -0.481 e. The van der Waals surface area contributed by atoms with Gasteiger partial charge in [-0.3, -0.25) is 19.2 Å². The van der Waals surface area contributed by atoms with E-state index in [1.165, 1.54) is 0 Å². The van der Waals surface area contributed by atoms with Gasteiger partial charge in [0.15, 0.2) is 0 Å². The maximum atomic E-state index is 11.6. The van der Waals surface area contributed by atoms with Gasteiger partial charge in [-0.15, -0.1) is 0 Å². The standard InChI is InChI=1S/C28H20O8/c29-21(30)9-13-1-5-17-18-6-3-15(11-23(33)34)26-16(12-24(35)36)4-8-20(28(18)26)19-7-2-14(10-22(31)32)25(13)27(17)19/h1-8H,9-12H2,(H,29,30)(H,31,32)(H,33,34)(H,35,36). The number of hydrogen-bond donors (Lipinski definition) is 4. The van der Waals surface area contributed by atoms with Crippen LogP contribution >= 0.6 is 0 Å². The molecule has 0 aromatic heterocycles. The molecule has 5 aromatic rings. The lowest BCUT2D eigenvalue weighted by Crippen LogP contribution is -2.07. The molecule has 0 atom stereocenters. The number of rotatable bonds is 8. The summed E-state index contributed by atoms with van der Waals surface area (Å²) in [7, 11) is 0. The number of hydrogen-bond acceptors (Lipinski definition) is 4. The highest BCUT2D eigenvalue weighted by Crippen LogP contribution is 2.44. The number of carbonyl (C=O) groups is 4. The van der Waals surface area contributed by atoms with E-state index in [-0.39, 0.29) is 25.7 Å². The van der Waals surface area contributed by atoms with Gasteiger partial charge in [-0.2, -0.15) is 0 Å². The predicted molar refractivity (Wildman–Crippen MR) is 133 cm³/mol. The first-order chi connectivity index (χ1) is 17.2. The number of fused-ring (bicyclic) bond motifs is 2. The van der Waals surface area contributed by atoms with Crippen molar-refractivity contribution in [3.63, 3.8) is 0 Å². The first-order valence-corrected chi connectivity index (χ1v) is 11.2. The quantitative estimate of drug-likeness (QED) is 0.189. The van der Waals surface area contributed by atoms with E-state index in [0.29, 0.717) is 33.0 Å². The number of carboxylic acids is 4. The van der Waals surface area contributed by atoms with Crippen molar-refractivity contribution in [3.05, 3.63) is 70.8 Å². The van der Waals surface area contributed by atoms with Crippen molar-refractivity contribution < 1.29 is 39.6 Å². The maximum Gasteiger partial charge on any atom is 0.307 e. The minimum atomic E-state index is -1.04. The van der Waals surface area contributed by atoms with Crippen molar-refractivity contribution in [2.24, 2.45) is 0 Å². The summed E-state index contributed by atoms with van der Waals surface area (Å²) in [5.74, 6) is -4.14. The van der Waals surface area contributed by atoms with Crippen LogP contribution in [-0.4, -0.2) is 44.3 Å². The Morgan fingerprint density at radius 3 is 0.806 bits per heavy atom. The van der Waals surface area contributed by atoms with E-state index in [1.54, 1.807) is 48.5 Å². The van der Waals surface area contributed by atoms with Crippen LogP contribution in [0.1, 0.15) is 22.3 Å². The van der Waals surface area contributed by atoms with Crippen molar-refractivity contribution >= 4 is 67.0 Å². The molecule has 180 valence electrons. The van der Waals surface area contributed by atoms with Gasteiger partial charge in [0.25, 0.3) is 0 Å². The Morgan fingerprint density at radius 1 is 0.389 bits per heavy atom. The molecule has 0 aliphatic rings. The Labute approximate surface area is 203 Å². The first-order valence-electron chi connectivity index (χ1n) is 11.2. The summed E-state index contributed by atoms with van der Waals surface area (Å²) in [6, 6.07) is 13.9. The van der Waals surface area contributed by atoms with E-state index in [0.717, 1.165) is 32.3 Å². The highest BCUT2D eigenvalue weighted by molar-refractivity contribution is 6.34. The van der Waals surface area contributed by atoms with Crippen molar-refractivity contribution in [2.75, 3.05) is 0 Å². The van der Waals surface area contributed by atoms with Gasteiger partial charge in [0, 0.05) is 0 Å². The molecule has 4 N–H and O–H groups in total. The molecule has 0 radical (unpaired) electrons. The summed E-state index contributed by atoms with van der Waals surface area (Å²) < 4.78 is 0. The van der Waals surface area contributed by atoms with Crippen molar-refractivity contribution in [1.29, 1.82) is 0 Å². The van der Waals surface area contributed by atoms with Gasteiger partial charge in [0.2, 0.25) is 0 Å². The van der Waals surface area contributed by atoms with Crippen molar-refractivity contribution in [1.82, 2.24) is 0 Å². The first kappa shape index (κ1) is 23.0. The van der Waals surface area contributed by atoms with E-state index < -0.39 is 23.9 Å². The summed E-state index contributed by atoms with van der Waals surface area (Å²) in [5.41, 5.74) is 2.01. The Bertz CT molecular complexity index is 1500. The van der Waals surface area contributed by atoms with Crippen LogP contribution in [0.15, 0.2) is 48.5 Å². The molecule has 0 heterocycles. The number of aliphatic carboxylic acids is 4. The molecule has 36 heavy (non-hydrogen) atoms. The van der Waals surface area contributed by atoms with E-state index >= 15 is 0 Å². The van der Waals surface area contributed by atoms with Crippen LogP contribution in [0.3, 0.4) is 0 Å². The predicted octanol–water partition coefficient (Wildman–Crippen LogP) is 4.25. The van der Waals surface area contributed by atoms with Gasteiger partial charge in [-0.1, -0.05) is 48.5 Å². The van der Waals surface area contributed by atoms with Gasteiger partial charge >= 0.3 is 23.9 Å². The molecule has 0 amide bonds. The highest BCUT2D eigenvalue weighted by Gasteiger charge is 2.22. The third-order valence-corrected chi connectivity index (χ3v) is 6.61. The van der Waals surface area contributed by atoms with E-state index in [2.05, 4.69) is 0 Å². The molecule has 5 aromatic carbocycles. The Hall–Kier alpha value is -4.72. The Kier molecular flexibility index (Phi) is 5.44. The van der Waals surface area contributed by atoms with Gasteiger partial charge < -0.3 is 20.4 Å². The fourth-order valence-electron chi connectivity index (χ4n) is 5.42. The molecule has 0 spiro atoms.